The molecule has 0 radical (unpaired) electrons. The first kappa shape index (κ1) is 17.7. The van der Waals surface area contributed by atoms with Gasteiger partial charge in [0.2, 0.25) is 10.0 Å². The third-order valence-electron chi connectivity index (χ3n) is 5.04. The number of nitrogens with one attached hydrogen (secondary N) is 1. The first-order chi connectivity index (χ1) is 11.6. The van der Waals surface area contributed by atoms with Crippen LogP contribution in [0.1, 0.15) is 29.6 Å². The summed E-state index contributed by atoms with van der Waals surface area (Å²) in [4.78, 5) is 25.3. The number of carbonyl (C=O) groups is 2. The number of halogens is 1. The van der Waals surface area contributed by atoms with Crippen LogP contribution in [0.2, 0.25) is 0 Å². The molecule has 2 fully saturated rings. The highest BCUT2D eigenvalue weighted by atomic mass is 32.2. The Bertz CT molecular complexity index is 831. The molecule has 0 bridgehead atoms. The predicted octanol–water partition coefficient (Wildman–Crippen LogP) is 1.52. The summed E-state index contributed by atoms with van der Waals surface area (Å²) >= 11 is 0. The van der Waals surface area contributed by atoms with Crippen LogP contribution in [-0.4, -0.2) is 49.6 Å². The molecule has 1 saturated carbocycles. The van der Waals surface area contributed by atoms with E-state index in [2.05, 4.69) is 4.72 Å². The summed E-state index contributed by atoms with van der Waals surface area (Å²) in [5.41, 5.74) is -0.241. The molecule has 3 rings (SSSR count). The third kappa shape index (κ3) is 3.60. The molecule has 25 heavy (non-hydrogen) atoms. The fourth-order valence-corrected chi connectivity index (χ4v) is 4.13. The van der Waals surface area contributed by atoms with E-state index in [4.69, 9.17) is 5.11 Å². The smallest absolute Gasteiger partial charge is 0.307 e. The van der Waals surface area contributed by atoms with E-state index in [0.717, 1.165) is 18.4 Å². The minimum atomic E-state index is -3.61. The highest BCUT2D eigenvalue weighted by Gasteiger charge is 2.59. The van der Waals surface area contributed by atoms with Crippen LogP contribution in [0.4, 0.5) is 10.1 Å². The Morgan fingerprint density at radius 2 is 1.96 bits per heavy atom. The number of hydrogen-bond donors (Lipinski definition) is 2. The molecule has 1 unspecified atom stereocenters. The van der Waals surface area contributed by atoms with Crippen LogP contribution in [0.3, 0.4) is 0 Å². The summed E-state index contributed by atoms with van der Waals surface area (Å²) in [5.74, 6) is -2.25. The third-order valence-corrected chi connectivity index (χ3v) is 5.63. The minimum Gasteiger partial charge on any atom is -0.481 e. The highest BCUT2D eigenvalue weighted by Crippen LogP contribution is 2.59. The molecule has 7 nitrogen and oxygen atoms in total. The van der Waals surface area contributed by atoms with E-state index in [-0.39, 0.29) is 22.6 Å². The van der Waals surface area contributed by atoms with Crippen molar-refractivity contribution in [2.45, 2.75) is 19.3 Å². The van der Waals surface area contributed by atoms with Gasteiger partial charge in [-0.1, -0.05) is 0 Å². The van der Waals surface area contributed by atoms with Gasteiger partial charge in [0.1, 0.15) is 5.82 Å². The number of likely N-dealkylation sites (tertiary alicyclic amines) is 1. The molecule has 1 aliphatic carbocycles. The lowest BCUT2D eigenvalue weighted by Gasteiger charge is -2.33. The molecule has 1 aromatic rings. The molecule has 2 aliphatic rings. The van der Waals surface area contributed by atoms with Crippen LogP contribution in [-0.2, 0) is 14.8 Å². The normalized spacial score (nSPS) is 21.8. The van der Waals surface area contributed by atoms with E-state index in [1.807, 2.05) is 0 Å². The Balaban J connectivity index is 1.76. The van der Waals surface area contributed by atoms with Gasteiger partial charge in [-0.3, -0.25) is 14.3 Å². The number of nitrogens with zero attached hydrogens (tertiary/aromatic N) is 1. The summed E-state index contributed by atoms with van der Waals surface area (Å²) in [6, 6.07) is 3.31. The first-order valence-corrected chi connectivity index (χ1v) is 9.80. The first-order valence-electron chi connectivity index (χ1n) is 7.91. The zero-order chi connectivity index (χ0) is 18.4. The van der Waals surface area contributed by atoms with Gasteiger partial charge in [-0.2, -0.15) is 0 Å². The van der Waals surface area contributed by atoms with E-state index >= 15 is 0 Å². The fourth-order valence-electron chi connectivity index (χ4n) is 3.56. The van der Waals surface area contributed by atoms with Gasteiger partial charge >= 0.3 is 5.97 Å². The molecule has 9 heteroatoms. The van der Waals surface area contributed by atoms with Crippen molar-refractivity contribution in [3.63, 3.8) is 0 Å². The van der Waals surface area contributed by atoms with E-state index < -0.39 is 27.7 Å². The van der Waals surface area contributed by atoms with Crippen LogP contribution >= 0.6 is 0 Å². The fraction of sp³-hybridized carbons (Fsp3) is 0.500. The zero-order valence-corrected chi connectivity index (χ0v) is 14.5. The maximum absolute atomic E-state index is 13.6. The van der Waals surface area contributed by atoms with E-state index in [1.165, 1.54) is 11.0 Å². The number of sulfonamides is 1. The lowest BCUT2D eigenvalue weighted by molar-refractivity contribution is -0.139. The maximum Gasteiger partial charge on any atom is 0.307 e. The van der Waals surface area contributed by atoms with Gasteiger partial charge in [0.05, 0.1) is 23.4 Å². The molecule has 1 saturated heterocycles. The quantitative estimate of drug-likeness (QED) is 0.836. The second-order valence-corrected chi connectivity index (χ2v) is 8.56. The van der Waals surface area contributed by atoms with Crippen molar-refractivity contribution < 1.29 is 27.5 Å². The van der Waals surface area contributed by atoms with Gasteiger partial charge < -0.3 is 10.0 Å². The van der Waals surface area contributed by atoms with E-state index in [0.29, 0.717) is 32.4 Å². The van der Waals surface area contributed by atoms with Crippen LogP contribution in [0.5, 0.6) is 0 Å². The molecular formula is C16H19FN2O5S. The average molecular weight is 370 g/mol. The van der Waals surface area contributed by atoms with Crippen molar-refractivity contribution in [2.24, 2.45) is 11.3 Å². The molecular weight excluding hydrogens is 351 g/mol. The molecule has 1 amide bonds. The number of hydrogen-bond acceptors (Lipinski definition) is 4. The number of carboxylic acid groups (broad SMARTS) is 1. The second kappa shape index (κ2) is 5.98. The maximum atomic E-state index is 13.6. The van der Waals surface area contributed by atoms with Gasteiger partial charge in [-0.15, -0.1) is 0 Å². The Morgan fingerprint density at radius 3 is 2.48 bits per heavy atom. The topological polar surface area (TPSA) is 104 Å². The summed E-state index contributed by atoms with van der Waals surface area (Å²) in [6.45, 7) is 0.745. The monoisotopic (exact) mass is 370 g/mol. The largest absolute Gasteiger partial charge is 0.481 e. The van der Waals surface area contributed by atoms with E-state index in [1.54, 1.807) is 0 Å². The van der Waals surface area contributed by atoms with Gasteiger partial charge in [-0.05, 0) is 42.9 Å². The van der Waals surface area contributed by atoms with Crippen molar-refractivity contribution in [3.8, 4) is 0 Å². The number of piperidine rings is 1. The lowest BCUT2D eigenvalue weighted by Crippen LogP contribution is -2.40. The van der Waals surface area contributed by atoms with Crippen molar-refractivity contribution in [1.82, 2.24) is 4.90 Å². The van der Waals surface area contributed by atoms with Crippen molar-refractivity contribution in [1.29, 1.82) is 0 Å². The van der Waals surface area contributed by atoms with Crippen LogP contribution < -0.4 is 4.72 Å². The molecule has 0 aromatic heterocycles. The zero-order valence-electron chi connectivity index (χ0n) is 13.7. The number of aliphatic carboxylic acids is 1. The number of carboxylic acids is 1. The molecule has 1 aliphatic heterocycles. The van der Waals surface area contributed by atoms with Gasteiger partial charge in [0, 0.05) is 13.1 Å². The number of anilines is 1. The summed E-state index contributed by atoms with van der Waals surface area (Å²) in [6.07, 6.45) is 2.75. The SMILES string of the molecule is CS(=O)(=O)Nc1ccc(F)cc1C(=O)N1CCC2(CC1)CC2C(=O)O. The molecule has 1 aromatic carbocycles. The number of rotatable bonds is 4. The van der Waals surface area contributed by atoms with Crippen LogP contribution in [0.15, 0.2) is 18.2 Å². The second-order valence-electron chi connectivity index (χ2n) is 6.81. The molecule has 136 valence electrons. The predicted molar refractivity (Wildman–Crippen MR) is 88.2 cm³/mol. The Hall–Kier alpha value is -2.16. The summed E-state index contributed by atoms with van der Waals surface area (Å²) in [5, 5.41) is 9.11. The molecule has 1 atom stereocenters. The minimum absolute atomic E-state index is 0.0315. The molecule has 1 spiro atoms. The number of benzene rings is 1. The van der Waals surface area contributed by atoms with Gasteiger partial charge in [0.25, 0.3) is 5.91 Å². The van der Waals surface area contributed by atoms with Gasteiger partial charge in [0.15, 0.2) is 0 Å². The lowest BCUT2D eigenvalue weighted by atomic mass is 9.90. The van der Waals surface area contributed by atoms with E-state index in [9.17, 15) is 22.4 Å². The highest BCUT2D eigenvalue weighted by molar-refractivity contribution is 7.92. The van der Waals surface area contributed by atoms with Crippen LogP contribution in [0, 0.1) is 17.2 Å². The molecule has 1 heterocycles. The summed E-state index contributed by atoms with van der Waals surface area (Å²) < 4.78 is 38.7. The molecule has 2 N–H and O–H groups in total. The standard InChI is InChI=1S/C16H19FN2O5S/c1-25(23,24)18-13-3-2-10(17)8-11(13)14(20)19-6-4-16(5-7-19)9-12(16)15(21)22/h2-3,8,12,18H,4-7,9H2,1H3,(H,21,22). The van der Waals surface area contributed by atoms with Crippen LogP contribution in [0.25, 0.3) is 0 Å². The van der Waals surface area contributed by atoms with Crippen molar-refractivity contribution >= 4 is 27.6 Å². The average Bonchev–Trinajstić information content (AvgIpc) is 3.22. The summed E-state index contributed by atoms with van der Waals surface area (Å²) in [7, 11) is -3.61. The van der Waals surface area contributed by atoms with Crippen molar-refractivity contribution in [2.75, 3.05) is 24.1 Å². The number of amides is 1. The Labute approximate surface area is 144 Å². The Morgan fingerprint density at radius 1 is 1.32 bits per heavy atom. The van der Waals surface area contributed by atoms with Crippen molar-refractivity contribution in [3.05, 3.63) is 29.6 Å². The van der Waals surface area contributed by atoms with Gasteiger partial charge in [-0.25, -0.2) is 12.8 Å². The Kier molecular flexibility index (Phi) is 4.22. The number of carbonyl (C=O) groups excluding carboxylic acids is 1.